The number of carboxylic acid groups (broad SMARTS) is 1. The van der Waals surface area contributed by atoms with Crippen molar-refractivity contribution >= 4 is 27.7 Å². The molecule has 1 atom stereocenters. The Hall–Kier alpha value is -2.38. The Balaban J connectivity index is 0.000000423. The van der Waals surface area contributed by atoms with Crippen LogP contribution in [-0.2, 0) is 21.2 Å². The summed E-state index contributed by atoms with van der Waals surface area (Å²) in [5, 5.41) is 10.5. The molecule has 0 bridgehead atoms. The molecule has 0 aliphatic carbocycles. The van der Waals surface area contributed by atoms with Crippen LogP contribution in [0, 0.1) is 0 Å². The van der Waals surface area contributed by atoms with Gasteiger partial charge in [0.1, 0.15) is 0 Å². The number of rotatable bonds is 6. The SMILES string of the molecule is CS(=O)(=O)NCCCc1ccc(N2C[C@@H]3CNCCN3C2=O)cc1.O=C(O)C(F)(F)F. The lowest BCUT2D eigenvalue weighted by atomic mass is 10.1. The fourth-order valence-electron chi connectivity index (χ4n) is 3.23. The van der Waals surface area contributed by atoms with Crippen molar-refractivity contribution in [2.45, 2.75) is 25.1 Å². The first-order chi connectivity index (χ1) is 14.4. The highest BCUT2D eigenvalue weighted by Crippen LogP contribution is 2.25. The predicted octanol–water partition coefficient (Wildman–Crippen LogP) is 1.02. The lowest BCUT2D eigenvalue weighted by Gasteiger charge is -2.28. The van der Waals surface area contributed by atoms with Crippen molar-refractivity contribution < 1.29 is 36.3 Å². The van der Waals surface area contributed by atoms with E-state index in [1.807, 2.05) is 34.1 Å². The van der Waals surface area contributed by atoms with Gasteiger partial charge >= 0.3 is 18.2 Å². The largest absolute Gasteiger partial charge is 0.490 e. The molecule has 1 aromatic carbocycles. The van der Waals surface area contributed by atoms with E-state index in [0.29, 0.717) is 6.54 Å². The molecule has 2 saturated heterocycles. The van der Waals surface area contributed by atoms with E-state index in [4.69, 9.17) is 9.90 Å². The fourth-order valence-corrected chi connectivity index (χ4v) is 3.74. The number of aliphatic carboxylic acids is 1. The second-order valence-corrected chi connectivity index (χ2v) is 9.02. The summed E-state index contributed by atoms with van der Waals surface area (Å²) in [6, 6.07) is 8.32. The summed E-state index contributed by atoms with van der Waals surface area (Å²) < 4.78 is 56.3. The second-order valence-electron chi connectivity index (χ2n) is 7.18. The van der Waals surface area contributed by atoms with Crippen LogP contribution in [-0.4, -0.2) is 81.6 Å². The minimum atomic E-state index is -5.08. The molecule has 2 heterocycles. The quantitative estimate of drug-likeness (QED) is 0.539. The first-order valence-electron chi connectivity index (χ1n) is 9.51. The number of halogens is 3. The minimum Gasteiger partial charge on any atom is -0.475 e. The van der Waals surface area contributed by atoms with Crippen molar-refractivity contribution in [1.82, 2.24) is 14.9 Å². The summed E-state index contributed by atoms with van der Waals surface area (Å²) >= 11 is 0. The number of carbonyl (C=O) groups is 2. The van der Waals surface area contributed by atoms with Crippen LogP contribution in [0.1, 0.15) is 12.0 Å². The number of nitrogens with one attached hydrogen (secondary N) is 2. The first-order valence-corrected chi connectivity index (χ1v) is 11.4. The zero-order chi connectivity index (χ0) is 23.2. The summed E-state index contributed by atoms with van der Waals surface area (Å²) in [5.41, 5.74) is 2.06. The summed E-state index contributed by atoms with van der Waals surface area (Å²) in [7, 11) is -3.12. The molecule has 2 amide bonds. The number of aryl methyl sites for hydroxylation is 1. The molecule has 0 unspecified atom stereocenters. The van der Waals surface area contributed by atoms with Gasteiger partial charge < -0.3 is 15.3 Å². The molecule has 9 nitrogen and oxygen atoms in total. The van der Waals surface area contributed by atoms with E-state index in [9.17, 15) is 26.4 Å². The Kier molecular flexibility index (Phi) is 8.26. The van der Waals surface area contributed by atoms with Gasteiger partial charge in [-0.1, -0.05) is 12.1 Å². The van der Waals surface area contributed by atoms with E-state index >= 15 is 0 Å². The number of benzene rings is 1. The molecule has 0 spiro atoms. The van der Waals surface area contributed by atoms with Crippen LogP contribution >= 0.6 is 0 Å². The molecule has 0 aromatic heterocycles. The number of fused-ring (bicyclic) bond motifs is 1. The number of carbonyl (C=O) groups excluding carboxylic acids is 1. The molecule has 31 heavy (non-hydrogen) atoms. The molecular formula is C18H25F3N4O5S. The van der Waals surface area contributed by atoms with E-state index < -0.39 is 22.2 Å². The van der Waals surface area contributed by atoms with Crippen molar-refractivity contribution in [3.8, 4) is 0 Å². The van der Waals surface area contributed by atoms with Crippen LogP contribution in [0.2, 0.25) is 0 Å². The van der Waals surface area contributed by atoms with Gasteiger partial charge in [0.25, 0.3) is 0 Å². The highest BCUT2D eigenvalue weighted by Gasteiger charge is 2.39. The number of urea groups is 1. The van der Waals surface area contributed by atoms with Crippen molar-refractivity contribution in [3.05, 3.63) is 29.8 Å². The van der Waals surface area contributed by atoms with Crippen LogP contribution in [0.4, 0.5) is 23.7 Å². The van der Waals surface area contributed by atoms with Gasteiger partial charge in [0.15, 0.2) is 0 Å². The lowest BCUT2D eigenvalue weighted by molar-refractivity contribution is -0.192. The van der Waals surface area contributed by atoms with Crippen molar-refractivity contribution in [3.63, 3.8) is 0 Å². The van der Waals surface area contributed by atoms with Crippen molar-refractivity contribution in [1.29, 1.82) is 0 Å². The smallest absolute Gasteiger partial charge is 0.475 e. The molecule has 0 radical (unpaired) electrons. The van der Waals surface area contributed by atoms with Gasteiger partial charge in [0.2, 0.25) is 10.0 Å². The lowest BCUT2D eigenvalue weighted by Crippen LogP contribution is -2.49. The minimum absolute atomic E-state index is 0.0894. The van der Waals surface area contributed by atoms with Gasteiger partial charge in [-0.25, -0.2) is 22.7 Å². The van der Waals surface area contributed by atoms with E-state index in [1.54, 1.807) is 0 Å². The number of alkyl halides is 3. The highest BCUT2D eigenvalue weighted by atomic mass is 32.2. The van der Waals surface area contributed by atoms with E-state index in [0.717, 1.165) is 56.5 Å². The van der Waals surface area contributed by atoms with Crippen LogP contribution < -0.4 is 14.9 Å². The van der Waals surface area contributed by atoms with Gasteiger partial charge in [-0.15, -0.1) is 0 Å². The first kappa shape index (κ1) is 24.9. The number of hydrogen-bond acceptors (Lipinski definition) is 5. The zero-order valence-electron chi connectivity index (χ0n) is 16.9. The Morgan fingerprint density at radius 3 is 2.42 bits per heavy atom. The maximum absolute atomic E-state index is 12.5. The Morgan fingerprint density at radius 2 is 1.90 bits per heavy atom. The normalized spacial score (nSPS) is 19.0. The average molecular weight is 466 g/mol. The highest BCUT2D eigenvalue weighted by molar-refractivity contribution is 7.88. The third-order valence-corrected chi connectivity index (χ3v) is 5.45. The number of sulfonamides is 1. The van der Waals surface area contributed by atoms with Crippen LogP contribution in [0.3, 0.4) is 0 Å². The summed E-state index contributed by atoms with van der Waals surface area (Å²) in [6.07, 6.45) is -2.37. The molecule has 1 aromatic rings. The van der Waals surface area contributed by atoms with Crippen molar-refractivity contribution in [2.24, 2.45) is 0 Å². The number of piperazine rings is 1. The molecule has 0 saturated carbocycles. The second kappa shape index (κ2) is 10.3. The standard InChI is InChI=1S/C16H24N4O3S.C2HF3O2/c1-24(22,23)18-8-2-3-13-4-6-14(7-5-13)20-12-15-11-17-9-10-19(15)16(20)21;3-2(4,5)1(6)7/h4-7,15,17-18H,2-3,8-12H2,1H3;(H,6,7)/t15-;/m0./s1. The summed E-state index contributed by atoms with van der Waals surface area (Å²) in [4.78, 5) is 25.2. The zero-order valence-corrected chi connectivity index (χ0v) is 17.7. The third-order valence-electron chi connectivity index (χ3n) is 4.72. The summed E-state index contributed by atoms with van der Waals surface area (Å²) in [5.74, 6) is -2.76. The number of anilines is 1. The van der Waals surface area contributed by atoms with Gasteiger partial charge in [-0.05, 0) is 30.5 Å². The third kappa shape index (κ3) is 7.67. The fraction of sp³-hybridized carbons (Fsp3) is 0.556. The Morgan fingerprint density at radius 1 is 1.29 bits per heavy atom. The number of carboxylic acids is 1. The number of amides is 2. The van der Waals surface area contributed by atoms with Gasteiger partial charge in [-0.2, -0.15) is 13.2 Å². The molecule has 2 aliphatic rings. The molecular weight excluding hydrogens is 441 g/mol. The number of nitrogens with zero attached hydrogens (tertiary/aromatic N) is 2. The maximum Gasteiger partial charge on any atom is 0.490 e. The van der Waals surface area contributed by atoms with Gasteiger partial charge in [0.05, 0.1) is 12.3 Å². The van der Waals surface area contributed by atoms with Crippen LogP contribution in [0.25, 0.3) is 0 Å². The average Bonchev–Trinajstić information content (AvgIpc) is 3.02. The molecule has 2 aliphatic heterocycles. The molecule has 174 valence electrons. The van der Waals surface area contributed by atoms with Crippen LogP contribution in [0.15, 0.2) is 24.3 Å². The maximum atomic E-state index is 12.5. The van der Waals surface area contributed by atoms with E-state index in [-0.39, 0.29) is 12.1 Å². The summed E-state index contributed by atoms with van der Waals surface area (Å²) in [6.45, 7) is 3.65. The van der Waals surface area contributed by atoms with E-state index in [2.05, 4.69) is 10.0 Å². The van der Waals surface area contributed by atoms with Gasteiger partial charge in [0, 0.05) is 38.4 Å². The predicted molar refractivity (Wildman–Crippen MR) is 107 cm³/mol. The number of hydrogen-bond donors (Lipinski definition) is 3. The molecule has 13 heteroatoms. The van der Waals surface area contributed by atoms with Gasteiger partial charge in [-0.3, -0.25) is 4.90 Å². The monoisotopic (exact) mass is 466 g/mol. The molecule has 3 rings (SSSR count). The van der Waals surface area contributed by atoms with Crippen LogP contribution in [0.5, 0.6) is 0 Å². The van der Waals surface area contributed by atoms with Crippen molar-refractivity contribution in [2.75, 3.05) is 43.9 Å². The Bertz CT molecular complexity index is 877. The van der Waals surface area contributed by atoms with E-state index in [1.165, 1.54) is 0 Å². The molecule has 2 fully saturated rings. The topological polar surface area (TPSA) is 119 Å². The Labute approximate surface area is 178 Å². The molecule has 3 N–H and O–H groups in total.